The van der Waals surface area contributed by atoms with Crippen LogP contribution in [0, 0.1) is 0 Å². The van der Waals surface area contributed by atoms with Gasteiger partial charge in [0.2, 0.25) is 5.76 Å². The fraction of sp³-hybridized carbons (Fsp3) is 0.0556. The molecule has 2 aromatic carbocycles. The van der Waals surface area contributed by atoms with Gasteiger partial charge in [0, 0.05) is 0 Å². The lowest BCUT2D eigenvalue weighted by molar-refractivity contribution is 0.0701. The second-order valence-corrected chi connectivity index (χ2v) is 4.61. The Morgan fingerprint density at radius 1 is 0.864 bits per heavy atom. The summed E-state index contributed by atoms with van der Waals surface area (Å²) in [4.78, 5) is 11.7. The predicted octanol–water partition coefficient (Wildman–Crippen LogP) is 4.08. The van der Waals surface area contributed by atoms with Crippen LogP contribution in [-0.2, 0) is 6.61 Å². The maximum Gasteiger partial charge on any atom is 0.379 e. The first-order valence-corrected chi connectivity index (χ1v) is 6.84. The molecule has 1 aromatic heterocycles. The van der Waals surface area contributed by atoms with E-state index in [0.717, 1.165) is 5.56 Å². The van der Waals surface area contributed by atoms with Gasteiger partial charge in [-0.2, -0.15) is 0 Å². The lowest BCUT2D eigenvalue weighted by atomic mass is 10.2. The maximum absolute atomic E-state index is 11.7. The number of ether oxygens (including phenoxy) is 2. The van der Waals surface area contributed by atoms with Crippen LogP contribution in [0.3, 0.4) is 0 Å². The molecule has 0 saturated carbocycles. The Hall–Kier alpha value is -3.01. The monoisotopic (exact) mass is 294 g/mol. The fourth-order valence-corrected chi connectivity index (χ4v) is 1.90. The van der Waals surface area contributed by atoms with Crippen molar-refractivity contribution in [1.82, 2.24) is 0 Å². The summed E-state index contributed by atoms with van der Waals surface area (Å²) in [5.41, 5.74) is 1.09. The van der Waals surface area contributed by atoms with Crippen molar-refractivity contribution in [3.63, 3.8) is 0 Å². The standard InChI is InChI=1S/C18H14O4/c19-18(17-7-4-12-20-17)22-16-10-8-15(9-11-16)21-13-14-5-2-1-3-6-14/h1-12H,13H2. The highest BCUT2D eigenvalue weighted by atomic mass is 16.5. The molecule has 0 radical (unpaired) electrons. The van der Waals surface area contributed by atoms with E-state index in [4.69, 9.17) is 13.9 Å². The van der Waals surface area contributed by atoms with Crippen LogP contribution in [0.4, 0.5) is 0 Å². The van der Waals surface area contributed by atoms with E-state index in [1.807, 2.05) is 30.3 Å². The zero-order chi connectivity index (χ0) is 15.2. The average molecular weight is 294 g/mol. The van der Waals surface area contributed by atoms with E-state index in [9.17, 15) is 4.79 Å². The third kappa shape index (κ3) is 3.55. The van der Waals surface area contributed by atoms with Gasteiger partial charge in [0.1, 0.15) is 18.1 Å². The molecule has 0 aliphatic heterocycles. The molecule has 0 atom stereocenters. The fourth-order valence-electron chi connectivity index (χ4n) is 1.90. The highest BCUT2D eigenvalue weighted by Crippen LogP contribution is 2.19. The predicted molar refractivity (Wildman–Crippen MR) is 80.9 cm³/mol. The largest absolute Gasteiger partial charge is 0.489 e. The third-order valence-corrected chi connectivity index (χ3v) is 3.00. The molecule has 0 spiro atoms. The Kier molecular flexibility index (Phi) is 4.20. The summed E-state index contributed by atoms with van der Waals surface area (Å²) in [5.74, 6) is 0.794. The quantitative estimate of drug-likeness (QED) is 0.525. The summed E-state index contributed by atoms with van der Waals surface area (Å²) in [6.07, 6.45) is 1.43. The Morgan fingerprint density at radius 2 is 1.59 bits per heavy atom. The van der Waals surface area contributed by atoms with E-state index in [2.05, 4.69) is 0 Å². The van der Waals surface area contributed by atoms with Gasteiger partial charge in [0.25, 0.3) is 0 Å². The van der Waals surface area contributed by atoms with E-state index in [0.29, 0.717) is 18.1 Å². The Morgan fingerprint density at radius 3 is 2.27 bits per heavy atom. The number of furan rings is 1. The van der Waals surface area contributed by atoms with E-state index < -0.39 is 5.97 Å². The van der Waals surface area contributed by atoms with Crippen molar-refractivity contribution in [3.05, 3.63) is 84.3 Å². The summed E-state index contributed by atoms with van der Waals surface area (Å²) >= 11 is 0. The molecule has 0 aliphatic rings. The highest BCUT2D eigenvalue weighted by molar-refractivity contribution is 5.88. The molecule has 0 unspecified atom stereocenters. The number of rotatable bonds is 5. The zero-order valence-electron chi connectivity index (χ0n) is 11.8. The molecular weight excluding hydrogens is 280 g/mol. The summed E-state index contributed by atoms with van der Waals surface area (Å²) in [7, 11) is 0. The number of carbonyl (C=O) groups excluding carboxylic acids is 1. The van der Waals surface area contributed by atoms with Crippen LogP contribution in [0.25, 0.3) is 0 Å². The minimum atomic E-state index is -0.525. The molecule has 0 saturated heterocycles. The normalized spacial score (nSPS) is 10.2. The summed E-state index contributed by atoms with van der Waals surface area (Å²) < 4.78 is 15.8. The van der Waals surface area contributed by atoms with Gasteiger partial charge in [-0.25, -0.2) is 4.79 Å². The van der Waals surface area contributed by atoms with Crippen molar-refractivity contribution in [2.75, 3.05) is 0 Å². The lowest BCUT2D eigenvalue weighted by Crippen LogP contribution is -2.06. The van der Waals surface area contributed by atoms with Gasteiger partial charge in [-0.1, -0.05) is 30.3 Å². The van der Waals surface area contributed by atoms with E-state index in [1.54, 1.807) is 36.4 Å². The first-order valence-electron chi connectivity index (χ1n) is 6.84. The van der Waals surface area contributed by atoms with Gasteiger partial charge in [0.15, 0.2) is 0 Å². The van der Waals surface area contributed by atoms with Gasteiger partial charge >= 0.3 is 5.97 Å². The van der Waals surface area contributed by atoms with Crippen LogP contribution >= 0.6 is 0 Å². The van der Waals surface area contributed by atoms with Crippen LogP contribution in [0.15, 0.2) is 77.4 Å². The molecular formula is C18H14O4. The highest BCUT2D eigenvalue weighted by Gasteiger charge is 2.11. The van der Waals surface area contributed by atoms with Crippen LogP contribution in [-0.4, -0.2) is 5.97 Å². The summed E-state index contributed by atoms with van der Waals surface area (Å²) in [6.45, 7) is 0.492. The minimum Gasteiger partial charge on any atom is -0.489 e. The van der Waals surface area contributed by atoms with Gasteiger partial charge in [-0.05, 0) is 42.0 Å². The van der Waals surface area contributed by atoms with Crippen molar-refractivity contribution in [2.45, 2.75) is 6.61 Å². The topological polar surface area (TPSA) is 48.7 Å². The summed E-state index contributed by atoms with van der Waals surface area (Å²) in [5, 5.41) is 0. The average Bonchev–Trinajstić information content (AvgIpc) is 3.10. The molecule has 3 aromatic rings. The Labute approximate surface area is 127 Å². The molecule has 110 valence electrons. The van der Waals surface area contributed by atoms with Crippen LogP contribution in [0.5, 0.6) is 11.5 Å². The second-order valence-electron chi connectivity index (χ2n) is 4.61. The SMILES string of the molecule is O=C(Oc1ccc(OCc2ccccc2)cc1)c1ccco1. The molecule has 4 nitrogen and oxygen atoms in total. The van der Waals surface area contributed by atoms with Crippen molar-refractivity contribution in [1.29, 1.82) is 0 Å². The van der Waals surface area contributed by atoms with Gasteiger partial charge in [-0.15, -0.1) is 0 Å². The summed E-state index contributed by atoms with van der Waals surface area (Å²) in [6, 6.07) is 20.0. The maximum atomic E-state index is 11.7. The first-order chi connectivity index (χ1) is 10.8. The van der Waals surface area contributed by atoms with Gasteiger partial charge in [-0.3, -0.25) is 0 Å². The number of hydrogen-bond donors (Lipinski definition) is 0. The second kappa shape index (κ2) is 6.63. The molecule has 0 fully saturated rings. The van der Waals surface area contributed by atoms with Crippen LogP contribution in [0.2, 0.25) is 0 Å². The van der Waals surface area contributed by atoms with Crippen molar-refractivity contribution < 1.29 is 18.7 Å². The Balaban J connectivity index is 1.57. The first kappa shape index (κ1) is 13.9. The molecule has 0 N–H and O–H groups in total. The molecule has 1 heterocycles. The molecule has 4 heteroatoms. The van der Waals surface area contributed by atoms with Crippen molar-refractivity contribution in [3.8, 4) is 11.5 Å². The number of benzene rings is 2. The van der Waals surface area contributed by atoms with Gasteiger partial charge in [0.05, 0.1) is 6.26 Å². The minimum absolute atomic E-state index is 0.171. The van der Waals surface area contributed by atoms with Crippen LogP contribution < -0.4 is 9.47 Å². The smallest absolute Gasteiger partial charge is 0.379 e. The van der Waals surface area contributed by atoms with E-state index in [-0.39, 0.29) is 5.76 Å². The van der Waals surface area contributed by atoms with Crippen molar-refractivity contribution in [2.24, 2.45) is 0 Å². The molecule has 0 amide bonds. The zero-order valence-corrected chi connectivity index (χ0v) is 11.8. The molecule has 0 aliphatic carbocycles. The van der Waals surface area contributed by atoms with Gasteiger partial charge < -0.3 is 13.9 Å². The Bertz CT molecular complexity index is 716. The number of hydrogen-bond acceptors (Lipinski definition) is 4. The number of carbonyl (C=O) groups is 1. The number of esters is 1. The molecule has 22 heavy (non-hydrogen) atoms. The third-order valence-electron chi connectivity index (χ3n) is 3.00. The van der Waals surface area contributed by atoms with Crippen LogP contribution in [0.1, 0.15) is 16.1 Å². The molecule has 0 bridgehead atoms. The lowest BCUT2D eigenvalue weighted by Gasteiger charge is -2.07. The van der Waals surface area contributed by atoms with Crippen molar-refractivity contribution >= 4 is 5.97 Å². The van der Waals surface area contributed by atoms with E-state index in [1.165, 1.54) is 6.26 Å². The van der Waals surface area contributed by atoms with E-state index >= 15 is 0 Å². The molecule has 3 rings (SSSR count).